The van der Waals surface area contributed by atoms with Gasteiger partial charge in [0, 0.05) is 30.7 Å². The standard InChI is InChI=1S/C23H20FN5O2/c1-15-16(21(30)25-2)8-7-10-19(15)27-22(31)17-14-26-29(20-11-4-3-9-18(20)24)23(17)28-12-5-6-13-28/h3-14H,1-2H3,(H,25,30)(H,27,31). The second-order valence-electron chi connectivity index (χ2n) is 6.85. The largest absolute Gasteiger partial charge is 0.355 e. The zero-order valence-electron chi connectivity index (χ0n) is 17.0. The Hall–Kier alpha value is -4.20. The third kappa shape index (κ3) is 3.71. The number of hydrogen-bond donors (Lipinski definition) is 2. The lowest BCUT2D eigenvalue weighted by atomic mass is 10.1. The van der Waals surface area contributed by atoms with Gasteiger partial charge >= 0.3 is 0 Å². The van der Waals surface area contributed by atoms with Crippen molar-refractivity contribution in [2.24, 2.45) is 0 Å². The van der Waals surface area contributed by atoms with Gasteiger partial charge in [-0.05, 0) is 48.9 Å². The fourth-order valence-electron chi connectivity index (χ4n) is 3.37. The predicted molar refractivity (Wildman–Crippen MR) is 115 cm³/mol. The Morgan fingerprint density at radius 2 is 1.68 bits per heavy atom. The summed E-state index contributed by atoms with van der Waals surface area (Å²) in [5.41, 5.74) is 2.09. The molecule has 0 saturated heterocycles. The van der Waals surface area contributed by atoms with Crippen molar-refractivity contribution < 1.29 is 14.0 Å². The van der Waals surface area contributed by atoms with Gasteiger partial charge in [0.2, 0.25) is 0 Å². The number of aromatic nitrogens is 3. The molecule has 2 N–H and O–H groups in total. The van der Waals surface area contributed by atoms with Crippen molar-refractivity contribution in [2.75, 3.05) is 12.4 Å². The van der Waals surface area contributed by atoms with Gasteiger partial charge in [-0.2, -0.15) is 5.10 Å². The fourth-order valence-corrected chi connectivity index (χ4v) is 3.37. The molecule has 0 fully saturated rings. The summed E-state index contributed by atoms with van der Waals surface area (Å²) in [7, 11) is 1.55. The van der Waals surface area contributed by atoms with Gasteiger partial charge in [0.25, 0.3) is 11.8 Å². The molecule has 0 radical (unpaired) electrons. The zero-order chi connectivity index (χ0) is 22.0. The first kappa shape index (κ1) is 20.1. The van der Waals surface area contributed by atoms with Crippen LogP contribution in [0.4, 0.5) is 10.1 Å². The Labute approximate surface area is 178 Å². The molecule has 0 unspecified atom stereocenters. The summed E-state index contributed by atoms with van der Waals surface area (Å²) in [6.07, 6.45) is 4.90. The van der Waals surface area contributed by atoms with Crippen LogP contribution in [0, 0.1) is 12.7 Å². The van der Waals surface area contributed by atoms with E-state index in [4.69, 9.17) is 0 Å². The molecule has 2 amide bonds. The molecule has 2 aromatic heterocycles. The summed E-state index contributed by atoms with van der Waals surface area (Å²) < 4.78 is 17.5. The zero-order valence-corrected chi connectivity index (χ0v) is 17.0. The highest BCUT2D eigenvalue weighted by Crippen LogP contribution is 2.24. The molecule has 156 valence electrons. The van der Waals surface area contributed by atoms with Crippen LogP contribution in [0.5, 0.6) is 0 Å². The van der Waals surface area contributed by atoms with Crippen molar-refractivity contribution in [1.29, 1.82) is 0 Å². The van der Waals surface area contributed by atoms with Crippen molar-refractivity contribution in [3.05, 3.63) is 95.7 Å². The first-order valence-electron chi connectivity index (χ1n) is 9.60. The predicted octanol–water partition coefficient (Wildman–Crippen LogP) is 3.72. The quantitative estimate of drug-likeness (QED) is 0.519. The number of para-hydroxylation sites is 1. The number of hydrogen-bond acceptors (Lipinski definition) is 3. The smallest absolute Gasteiger partial charge is 0.261 e. The average Bonchev–Trinajstić information content (AvgIpc) is 3.44. The molecule has 0 atom stereocenters. The minimum absolute atomic E-state index is 0.225. The van der Waals surface area contributed by atoms with E-state index in [9.17, 15) is 14.0 Å². The highest BCUT2D eigenvalue weighted by molar-refractivity contribution is 6.07. The van der Waals surface area contributed by atoms with E-state index in [1.807, 2.05) is 0 Å². The van der Waals surface area contributed by atoms with Gasteiger partial charge in [0.15, 0.2) is 5.82 Å². The normalized spacial score (nSPS) is 10.7. The molecule has 0 aliphatic rings. The van der Waals surface area contributed by atoms with Crippen LogP contribution >= 0.6 is 0 Å². The van der Waals surface area contributed by atoms with Crippen molar-refractivity contribution >= 4 is 17.5 Å². The van der Waals surface area contributed by atoms with Crippen LogP contribution in [-0.2, 0) is 0 Å². The summed E-state index contributed by atoms with van der Waals surface area (Å²) in [5, 5.41) is 9.71. The molecule has 0 spiro atoms. The Bertz CT molecular complexity index is 1260. The number of anilines is 1. The highest BCUT2D eigenvalue weighted by atomic mass is 19.1. The monoisotopic (exact) mass is 417 g/mol. The van der Waals surface area contributed by atoms with Gasteiger partial charge in [0.1, 0.15) is 17.1 Å². The van der Waals surface area contributed by atoms with Crippen LogP contribution in [0.2, 0.25) is 0 Å². The Kier molecular flexibility index (Phi) is 5.36. The van der Waals surface area contributed by atoms with E-state index in [0.29, 0.717) is 22.6 Å². The van der Waals surface area contributed by atoms with Gasteiger partial charge in [0.05, 0.1) is 6.20 Å². The van der Waals surface area contributed by atoms with Crippen LogP contribution < -0.4 is 10.6 Å². The fraction of sp³-hybridized carbons (Fsp3) is 0.0870. The topological polar surface area (TPSA) is 81.0 Å². The Morgan fingerprint density at radius 3 is 2.39 bits per heavy atom. The maximum Gasteiger partial charge on any atom is 0.261 e. The van der Waals surface area contributed by atoms with E-state index in [-0.39, 0.29) is 17.2 Å². The molecule has 0 bridgehead atoms. The number of nitrogens with one attached hydrogen (secondary N) is 2. The first-order valence-corrected chi connectivity index (χ1v) is 9.60. The van der Waals surface area contributed by atoms with E-state index in [0.717, 1.165) is 0 Å². The van der Waals surface area contributed by atoms with E-state index in [1.54, 1.807) is 79.5 Å². The van der Waals surface area contributed by atoms with Crippen molar-refractivity contribution in [3.8, 4) is 11.5 Å². The van der Waals surface area contributed by atoms with Gasteiger partial charge in [-0.15, -0.1) is 0 Å². The second-order valence-corrected chi connectivity index (χ2v) is 6.85. The Morgan fingerprint density at radius 1 is 0.935 bits per heavy atom. The lowest BCUT2D eigenvalue weighted by molar-refractivity contribution is 0.0960. The minimum Gasteiger partial charge on any atom is -0.355 e. The maximum atomic E-state index is 14.5. The maximum absolute atomic E-state index is 14.5. The third-order valence-electron chi connectivity index (χ3n) is 4.97. The van der Waals surface area contributed by atoms with Crippen LogP contribution in [0.15, 0.2) is 73.2 Å². The SMILES string of the molecule is CNC(=O)c1cccc(NC(=O)c2cnn(-c3ccccc3F)c2-n2cccc2)c1C. The summed E-state index contributed by atoms with van der Waals surface area (Å²) in [6.45, 7) is 1.76. The molecule has 8 heteroatoms. The van der Waals surface area contributed by atoms with Crippen molar-refractivity contribution in [3.63, 3.8) is 0 Å². The molecule has 2 aromatic carbocycles. The molecule has 0 aliphatic heterocycles. The summed E-state index contributed by atoms with van der Waals surface area (Å²) in [4.78, 5) is 25.3. The van der Waals surface area contributed by atoms with Crippen LogP contribution in [0.3, 0.4) is 0 Å². The molecule has 0 saturated carbocycles. The molecule has 2 heterocycles. The summed E-state index contributed by atoms with van der Waals surface area (Å²) in [5.74, 6) is -0.731. The van der Waals surface area contributed by atoms with Gasteiger partial charge in [-0.25, -0.2) is 9.07 Å². The number of carbonyl (C=O) groups is 2. The van der Waals surface area contributed by atoms with Crippen LogP contribution in [0.1, 0.15) is 26.3 Å². The molecular formula is C23H20FN5O2. The highest BCUT2D eigenvalue weighted by Gasteiger charge is 2.22. The van der Waals surface area contributed by atoms with Gasteiger partial charge in [-0.1, -0.05) is 18.2 Å². The molecule has 4 rings (SSSR count). The number of halogens is 1. The van der Waals surface area contributed by atoms with Crippen LogP contribution in [0.25, 0.3) is 11.5 Å². The summed E-state index contributed by atoms with van der Waals surface area (Å²) >= 11 is 0. The van der Waals surface area contributed by atoms with Crippen molar-refractivity contribution in [1.82, 2.24) is 19.7 Å². The van der Waals surface area contributed by atoms with E-state index in [2.05, 4.69) is 15.7 Å². The number of carbonyl (C=O) groups excluding carboxylic acids is 2. The Balaban J connectivity index is 1.77. The number of rotatable bonds is 5. The third-order valence-corrected chi connectivity index (χ3v) is 4.97. The first-order chi connectivity index (χ1) is 15.0. The number of amides is 2. The average molecular weight is 417 g/mol. The lowest BCUT2D eigenvalue weighted by Gasteiger charge is -2.13. The van der Waals surface area contributed by atoms with Crippen molar-refractivity contribution in [2.45, 2.75) is 6.92 Å². The molecule has 7 nitrogen and oxygen atoms in total. The van der Waals surface area contributed by atoms with E-state index >= 15 is 0 Å². The summed E-state index contributed by atoms with van der Waals surface area (Å²) in [6, 6.07) is 14.9. The number of benzene rings is 2. The molecule has 31 heavy (non-hydrogen) atoms. The van der Waals surface area contributed by atoms with Crippen LogP contribution in [-0.4, -0.2) is 33.2 Å². The minimum atomic E-state index is -0.458. The molecular weight excluding hydrogens is 397 g/mol. The lowest BCUT2D eigenvalue weighted by Crippen LogP contribution is -2.20. The van der Waals surface area contributed by atoms with Gasteiger partial charge < -0.3 is 15.2 Å². The van der Waals surface area contributed by atoms with Gasteiger partial charge in [-0.3, -0.25) is 9.59 Å². The van der Waals surface area contributed by atoms with E-state index in [1.165, 1.54) is 16.9 Å². The second kappa shape index (κ2) is 8.27. The molecule has 0 aliphatic carbocycles. The van der Waals surface area contributed by atoms with E-state index < -0.39 is 11.7 Å². The molecule has 4 aromatic rings. The number of nitrogens with zero attached hydrogens (tertiary/aromatic N) is 3.